The summed E-state index contributed by atoms with van der Waals surface area (Å²) in [4.78, 5) is 27.7. The second-order valence-electron chi connectivity index (χ2n) is 7.54. The summed E-state index contributed by atoms with van der Waals surface area (Å²) in [5.41, 5.74) is 3.98. The van der Waals surface area contributed by atoms with Crippen molar-refractivity contribution in [1.29, 1.82) is 0 Å². The van der Waals surface area contributed by atoms with Crippen LogP contribution in [0.1, 0.15) is 46.4 Å². The first-order chi connectivity index (χ1) is 14.5. The van der Waals surface area contributed by atoms with Gasteiger partial charge in [-0.2, -0.15) is 0 Å². The summed E-state index contributed by atoms with van der Waals surface area (Å²) in [6.07, 6.45) is 4.40. The molecule has 4 rings (SSSR count). The van der Waals surface area contributed by atoms with E-state index in [1.165, 1.54) is 0 Å². The summed E-state index contributed by atoms with van der Waals surface area (Å²) < 4.78 is 0. The van der Waals surface area contributed by atoms with E-state index in [1.54, 1.807) is 36.4 Å². The van der Waals surface area contributed by atoms with E-state index in [2.05, 4.69) is 20.0 Å². The van der Waals surface area contributed by atoms with Gasteiger partial charge in [0.15, 0.2) is 0 Å². The van der Waals surface area contributed by atoms with Gasteiger partial charge in [0.25, 0.3) is 10.5 Å². The third-order valence-corrected chi connectivity index (χ3v) is 6.00. The van der Waals surface area contributed by atoms with Crippen molar-refractivity contribution >= 4 is 56.4 Å². The maximum atomic E-state index is 11.6. The fourth-order valence-electron chi connectivity index (χ4n) is 3.99. The van der Waals surface area contributed by atoms with Crippen LogP contribution < -0.4 is 9.80 Å². The van der Waals surface area contributed by atoms with Crippen LogP contribution in [0.5, 0.6) is 0 Å². The summed E-state index contributed by atoms with van der Waals surface area (Å²) in [6.45, 7) is 3.64. The number of rotatable bonds is 6. The first-order valence-electron chi connectivity index (χ1n) is 10.1. The standard InChI is InChI=1S/C22H22Cl2N4O2/c23-21(29)15-5-7-17(19(13-15)27-9-1-2-10-27)25-26-18-8-6-16(22(24)30)14-20(18)28-11-3-4-12-28/h5-8,13-14H,1-4,9-12H2/b26-25+. The highest BCUT2D eigenvalue weighted by Crippen LogP contribution is 2.37. The monoisotopic (exact) mass is 444 g/mol. The SMILES string of the molecule is O=C(Cl)c1ccc(/N=N/c2ccc(C(=O)Cl)cc2N2CCCC2)c(N2CCCC2)c1. The van der Waals surface area contributed by atoms with Gasteiger partial charge in [0.05, 0.1) is 11.4 Å². The summed E-state index contributed by atoms with van der Waals surface area (Å²) in [5.74, 6) is 0. The minimum absolute atomic E-state index is 0.445. The van der Waals surface area contributed by atoms with Gasteiger partial charge in [-0.3, -0.25) is 9.59 Å². The largest absolute Gasteiger partial charge is 0.370 e. The van der Waals surface area contributed by atoms with Crippen molar-refractivity contribution in [2.75, 3.05) is 36.0 Å². The Bertz CT molecular complexity index is 917. The quantitative estimate of drug-likeness (QED) is 0.401. The maximum absolute atomic E-state index is 11.6. The molecule has 2 aromatic carbocycles. The molecular weight excluding hydrogens is 423 g/mol. The molecule has 6 nitrogen and oxygen atoms in total. The highest BCUT2D eigenvalue weighted by atomic mass is 35.5. The molecule has 0 bridgehead atoms. The number of carbonyl (C=O) groups is 2. The van der Waals surface area contributed by atoms with Gasteiger partial charge in [0.2, 0.25) is 0 Å². The van der Waals surface area contributed by atoms with E-state index < -0.39 is 10.5 Å². The number of nitrogens with zero attached hydrogens (tertiary/aromatic N) is 4. The van der Waals surface area contributed by atoms with Crippen LogP contribution in [0, 0.1) is 0 Å². The second-order valence-corrected chi connectivity index (χ2v) is 8.23. The van der Waals surface area contributed by atoms with Gasteiger partial charge in [-0.05, 0) is 85.3 Å². The van der Waals surface area contributed by atoms with E-state index in [-0.39, 0.29) is 0 Å². The molecule has 0 unspecified atom stereocenters. The smallest absolute Gasteiger partial charge is 0.252 e. The van der Waals surface area contributed by atoms with Crippen molar-refractivity contribution in [2.24, 2.45) is 10.2 Å². The van der Waals surface area contributed by atoms with E-state index in [4.69, 9.17) is 23.2 Å². The molecule has 0 radical (unpaired) electrons. The molecule has 0 spiro atoms. The molecule has 2 heterocycles. The number of azo groups is 1. The molecule has 2 fully saturated rings. The minimum Gasteiger partial charge on any atom is -0.370 e. The van der Waals surface area contributed by atoms with Gasteiger partial charge in [0.1, 0.15) is 11.4 Å². The zero-order valence-corrected chi connectivity index (χ0v) is 18.0. The van der Waals surface area contributed by atoms with Gasteiger partial charge in [-0.1, -0.05) is 0 Å². The molecular formula is C22H22Cl2N4O2. The van der Waals surface area contributed by atoms with Gasteiger partial charge in [-0.15, -0.1) is 10.2 Å². The number of carbonyl (C=O) groups excluding carboxylic acids is 2. The molecule has 0 N–H and O–H groups in total. The molecule has 0 saturated carbocycles. The molecule has 2 aromatic rings. The van der Waals surface area contributed by atoms with E-state index >= 15 is 0 Å². The van der Waals surface area contributed by atoms with Crippen LogP contribution in [0.3, 0.4) is 0 Å². The Kier molecular flexibility index (Phi) is 6.35. The van der Waals surface area contributed by atoms with Crippen LogP contribution in [0.4, 0.5) is 22.7 Å². The maximum Gasteiger partial charge on any atom is 0.252 e. The fraction of sp³-hybridized carbons (Fsp3) is 0.364. The first-order valence-corrected chi connectivity index (χ1v) is 10.9. The second kappa shape index (κ2) is 9.14. The van der Waals surface area contributed by atoms with Crippen LogP contribution >= 0.6 is 23.2 Å². The molecule has 8 heteroatoms. The molecule has 0 atom stereocenters. The Morgan fingerprint density at radius 1 is 0.667 bits per heavy atom. The predicted octanol–water partition coefficient (Wildman–Crippen LogP) is 6.06. The third kappa shape index (κ3) is 4.50. The average Bonchev–Trinajstić information content (AvgIpc) is 3.46. The Balaban J connectivity index is 1.71. The lowest BCUT2D eigenvalue weighted by molar-refractivity contribution is 0.107. The van der Waals surface area contributed by atoms with Crippen molar-refractivity contribution in [3.63, 3.8) is 0 Å². The van der Waals surface area contributed by atoms with E-state index in [0.29, 0.717) is 22.5 Å². The Labute approximate surface area is 185 Å². The molecule has 0 amide bonds. The summed E-state index contributed by atoms with van der Waals surface area (Å²) in [5, 5.41) is 8.05. The Morgan fingerprint density at radius 3 is 1.37 bits per heavy atom. The Morgan fingerprint density at radius 2 is 1.03 bits per heavy atom. The number of anilines is 2. The van der Waals surface area contributed by atoms with Crippen LogP contribution in [-0.4, -0.2) is 36.7 Å². The predicted molar refractivity (Wildman–Crippen MR) is 120 cm³/mol. The first kappa shape index (κ1) is 20.8. The van der Waals surface area contributed by atoms with Gasteiger partial charge >= 0.3 is 0 Å². The molecule has 0 aliphatic carbocycles. The minimum atomic E-state index is -0.489. The molecule has 2 saturated heterocycles. The van der Waals surface area contributed by atoms with Gasteiger partial charge in [0, 0.05) is 37.3 Å². The fourth-order valence-corrected chi connectivity index (χ4v) is 4.23. The molecule has 0 aromatic heterocycles. The number of halogens is 2. The van der Waals surface area contributed by atoms with E-state index in [1.807, 2.05) is 0 Å². The molecule has 30 heavy (non-hydrogen) atoms. The zero-order valence-electron chi connectivity index (χ0n) is 16.5. The Hall–Kier alpha value is -2.44. The average molecular weight is 445 g/mol. The van der Waals surface area contributed by atoms with Crippen molar-refractivity contribution < 1.29 is 9.59 Å². The third-order valence-electron chi connectivity index (χ3n) is 5.56. The highest BCUT2D eigenvalue weighted by Gasteiger charge is 2.20. The van der Waals surface area contributed by atoms with Crippen LogP contribution in [0.2, 0.25) is 0 Å². The number of benzene rings is 2. The summed E-state index contributed by atoms with van der Waals surface area (Å²) >= 11 is 11.4. The van der Waals surface area contributed by atoms with Crippen LogP contribution in [0.15, 0.2) is 46.6 Å². The van der Waals surface area contributed by atoms with Crippen molar-refractivity contribution in [1.82, 2.24) is 0 Å². The lowest BCUT2D eigenvalue weighted by atomic mass is 10.1. The zero-order chi connectivity index (χ0) is 21.1. The molecule has 2 aliphatic heterocycles. The number of hydrogen-bond acceptors (Lipinski definition) is 6. The lowest BCUT2D eigenvalue weighted by Crippen LogP contribution is -2.18. The normalized spacial score (nSPS) is 16.6. The lowest BCUT2D eigenvalue weighted by Gasteiger charge is -2.21. The van der Waals surface area contributed by atoms with Crippen molar-refractivity contribution in [3.05, 3.63) is 47.5 Å². The van der Waals surface area contributed by atoms with Crippen LogP contribution in [0.25, 0.3) is 0 Å². The van der Waals surface area contributed by atoms with Crippen LogP contribution in [-0.2, 0) is 0 Å². The van der Waals surface area contributed by atoms with Gasteiger partial charge in [-0.25, -0.2) is 0 Å². The van der Waals surface area contributed by atoms with Gasteiger partial charge < -0.3 is 9.80 Å². The van der Waals surface area contributed by atoms with E-state index in [0.717, 1.165) is 63.2 Å². The summed E-state index contributed by atoms with van der Waals surface area (Å²) in [6, 6.07) is 10.5. The van der Waals surface area contributed by atoms with Crippen molar-refractivity contribution in [2.45, 2.75) is 25.7 Å². The topological polar surface area (TPSA) is 65.3 Å². The molecule has 2 aliphatic rings. The summed E-state index contributed by atoms with van der Waals surface area (Å²) in [7, 11) is 0. The van der Waals surface area contributed by atoms with E-state index in [9.17, 15) is 9.59 Å². The molecule has 156 valence electrons. The number of hydrogen-bond donors (Lipinski definition) is 0. The highest BCUT2D eigenvalue weighted by molar-refractivity contribution is 6.68. The van der Waals surface area contributed by atoms with Crippen molar-refractivity contribution in [3.8, 4) is 0 Å².